The summed E-state index contributed by atoms with van der Waals surface area (Å²) < 4.78 is 0. The van der Waals surface area contributed by atoms with Gasteiger partial charge in [0.25, 0.3) is 0 Å². The zero-order valence-corrected chi connectivity index (χ0v) is 14.9. The number of benzene rings is 1. The van der Waals surface area contributed by atoms with Gasteiger partial charge in [-0.05, 0) is 55.9 Å². The standard InChI is InChI=1S/C18H24N2O4S/c21-15-3-5-16(6-4-15)25-11-17(22)19-13-7-14(8-13)20(10-18(23)24)9-12-1-2-12/h3-6,12-14,21H,1-2,7-11H2,(H,19,22)(H,23,24). The highest BCUT2D eigenvalue weighted by molar-refractivity contribution is 8.00. The quantitative estimate of drug-likeness (QED) is 0.580. The number of hydrogen-bond acceptors (Lipinski definition) is 5. The maximum Gasteiger partial charge on any atom is 0.317 e. The maximum atomic E-state index is 12.0. The SMILES string of the molecule is O=C(O)CN(CC1CC1)C1CC(NC(=O)CSc2ccc(O)cc2)C1. The van der Waals surface area contributed by atoms with Gasteiger partial charge in [0, 0.05) is 23.5 Å². The third-order valence-corrected chi connectivity index (χ3v) is 5.74. The molecular weight excluding hydrogens is 340 g/mol. The van der Waals surface area contributed by atoms with Gasteiger partial charge in [-0.2, -0.15) is 0 Å². The predicted octanol–water partition coefficient (Wildman–Crippen LogP) is 1.93. The molecule has 0 unspecified atom stereocenters. The number of phenolic OH excluding ortho intramolecular Hbond substituents is 1. The average Bonchev–Trinajstić information content (AvgIpc) is 3.33. The van der Waals surface area contributed by atoms with Crippen molar-refractivity contribution in [3.8, 4) is 5.75 Å². The fraction of sp³-hybridized carbons (Fsp3) is 0.556. The molecule has 0 saturated heterocycles. The fourth-order valence-corrected chi connectivity index (χ4v) is 3.82. The summed E-state index contributed by atoms with van der Waals surface area (Å²) >= 11 is 1.43. The molecule has 2 fully saturated rings. The molecule has 0 spiro atoms. The van der Waals surface area contributed by atoms with Gasteiger partial charge in [0.15, 0.2) is 0 Å². The molecule has 7 heteroatoms. The Bertz CT molecular complexity index is 612. The number of aromatic hydroxyl groups is 1. The molecule has 0 aromatic heterocycles. The van der Waals surface area contributed by atoms with Crippen LogP contribution in [0.1, 0.15) is 25.7 Å². The summed E-state index contributed by atoms with van der Waals surface area (Å²) in [5.41, 5.74) is 0. The molecule has 2 aliphatic rings. The van der Waals surface area contributed by atoms with E-state index in [1.165, 1.54) is 24.6 Å². The summed E-state index contributed by atoms with van der Waals surface area (Å²) in [7, 11) is 0. The van der Waals surface area contributed by atoms with Crippen LogP contribution in [0.5, 0.6) is 5.75 Å². The molecule has 1 amide bonds. The second kappa shape index (κ2) is 8.10. The number of carboxylic acid groups (broad SMARTS) is 1. The second-order valence-corrected chi connectivity index (χ2v) is 7.99. The van der Waals surface area contributed by atoms with Crippen LogP contribution in [0.2, 0.25) is 0 Å². The summed E-state index contributed by atoms with van der Waals surface area (Å²) in [5, 5.41) is 21.3. The van der Waals surface area contributed by atoms with E-state index >= 15 is 0 Å². The smallest absolute Gasteiger partial charge is 0.317 e. The lowest BCUT2D eigenvalue weighted by Gasteiger charge is -2.42. The monoisotopic (exact) mass is 364 g/mol. The van der Waals surface area contributed by atoms with Gasteiger partial charge in [0.05, 0.1) is 12.3 Å². The molecular formula is C18H24N2O4S. The van der Waals surface area contributed by atoms with Gasteiger partial charge < -0.3 is 15.5 Å². The number of nitrogens with zero attached hydrogens (tertiary/aromatic N) is 1. The molecule has 25 heavy (non-hydrogen) atoms. The van der Waals surface area contributed by atoms with Gasteiger partial charge in [-0.3, -0.25) is 14.5 Å². The molecule has 2 saturated carbocycles. The topological polar surface area (TPSA) is 89.9 Å². The van der Waals surface area contributed by atoms with Gasteiger partial charge in [0.2, 0.25) is 5.91 Å². The molecule has 1 aromatic rings. The van der Waals surface area contributed by atoms with E-state index in [1.807, 2.05) is 0 Å². The number of amides is 1. The van der Waals surface area contributed by atoms with Crippen LogP contribution in [0, 0.1) is 5.92 Å². The second-order valence-electron chi connectivity index (χ2n) is 6.94. The Morgan fingerprint density at radius 3 is 2.48 bits per heavy atom. The number of hydrogen-bond donors (Lipinski definition) is 3. The first kappa shape index (κ1) is 18.1. The molecule has 0 atom stereocenters. The lowest BCUT2D eigenvalue weighted by atomic mass is 9.85. The van der Waals surface area contributed by atoms with E-state index in [-0.39, 0.29) is 30.3 Å². The fourth-order valence-electron chi connectivity index (χ4n) is 3.11. The highest BCUT2D eigenvalue weighted by Gasteiger charge is 2.37. The first-order valence-electron chi connectivity index (χ1n) is 8.66. The first-order valence-corrected chi connectivity index (χ1v) is 9.65. The molecule has 6 nitrogen and oxygen atoms in total. The lowest BCUT2D eigenvalue weighted by molar-refractivity contribution is -0.140. The zero-order valence-electron chi connectivity index (χ0n) is 14.1. The molecule has 0 heterocycles. The number of aliphatic carboxylic acids is 1. The Labute approximate surface area is 151 Å². The van der Waals surface area contributed by atoms with Gasteiger partial charge in [-0.15, -0.1) is 11.8 Å². The summed E-state index contributed by atoms with van der Waals surface area (Å²) in [6.07, 6.45) is 4.07. The van der Waals surface area contributed by atoms with Crippen LogP contribution in [0.4, 0.5) is 0 Å². The number of carboxylic acids is 1. The number of carbonyl (C=O) groups excluding carboxylic acids is 1. The van der Waals surface area contributed by atoms with Crippen molar-refractivity contribution in [3.63, 3.8) is 0 Å². The summed E-state index contributed by atoms with van der Waals surface area (Å²) in [6, 6.07) is 7.20. The van der Waals surface area contributed by atoms with Crippen molar-refractivity contribution in [1.29, 1.82) is 0 Å². The number of carbonyl (C=O) groups is 2. The molecule has 0 aliphatic heterocycles. The molecule has 136 valence electrons. The Balaban J connectivity index is 1.37. The van der Waals surface area contributed by atoms with Crippen molar-refractivity contribution in [2.24, 2.45) is 5.92 Å². The molecule has 2 aliphatic carbocycles. The van der Waals surface area contributed by atoms with Crippen molar-refractivity contribution < 1.29 is 19.8 Å². The Kier molecular flexibility index (Phi) is 5.86. The van der Waals surface area contributed by atoms with E-state index in [4.69, 9.17) is 5.11 Å². The van der Waals surface area contributed by atoms with Crippen molar-refractivity contribution in [3.05, 3.63) is 24.3 Å². The first-order chi connectivity index (χ1) is 12.0. The van der Waals surface area contributed by atoms with Crippen LogP contribution in [0.3, 0.4) is 0 Å². The number of thioether (sulfide) groups is 1. The van der Waals surface area contributed by atoms with E-state index in [2.05, 4.69) is 10.2 Å². The average molecular weight is 364 g/mol. The maximum absolute atomic E-state index is 12.0. The van der Waals surface area contributed by atoms with Crippen LogP contribution in [0.15, 0.2) is 29.2 Å². The minimum absolute atomic E-state index is 0.00602. The number of rotatable bonds is 9. The van der Waals surface area contributed by atoms with E-state index in [0.717, 1.165) is 24.3 Å². The largest absolute Gasteiger partial charge is 0.508 e. The predicted molar refractivity (Wildman–Crippen MR) is 95.7 cm³/mol. The van der Waals surface area contributed by atoms with E-state index in [1.54, 1.807) is 24.3 Å². The van der Waals surface area contributed by atoms with E-state index in [0.29, 0.717) is 11.7 Å². The van der Waals surface area contributed by atoms with Gasteiger partial charge in [-0.25, -0.2) is 0 Å². The zero-order chi connectivity index (χ0) is 17.8. The van der Waals surface area contributed by atoms with Gasteiger partial charge in [0.1, 0.15) is 5.75 Å². The van der Waals surface area contributed by atoms with Crippen LogP contribution in [0.25, 0.3) is 0 Å². The molecule has 0 radical (unpaired) electrons. The van der Waals surface area contributed by atoms with E-state index < -0.39 is 5.97 Å². The van der Waals surface area contributed by atoms with Gasteiger partial charge in [-0.1, -0.05) is 0 Å². The third kappa shape index (κ3) is 5.64. The Morgan fingerprint density at radius 2 is 1.88 bits per heavy atom. The van der Waals surface area contributed by atoms with Crippen LogP contribution in [-0.2, 0) is 9.59 Å². The van der Waals surface area contributed by atoms with Crippen molar-refractivity contribution in [2.75, 3.05) is 18.8 Å². The molecule has 3 N–H and O–H groups in total. The number of phenols is 1. The minimum atomic E-state index is -0.779. The van der Waals surface area contributed by atoms with Crippen LogP contribution in [-0.4, -0.2) is 57.9 Å². The molecule has 3 rings (SSSR count). The highest BCUT2D eigenvalue weighted by Crippen LogP contribution is 2.33. The van der Waals surface area contributed by atoms with Crippen molar-refractivity contribution in [1.82, 2.24) is 10.2 Å². The summed E-state index contributed by atoms with van der Waals surface area (Å²) in [6.45, 7) is 0.965. The van der Waals surface area contributed by atoms with Crippen molar-refractivity contribution >= 4 is 23.6 Å². The minimum Gasteiger partial charge on any atom is -0.508 e. The Hall–Kier alpha value is -1.73. The summed E-state index contributed by atoms with van der Waals surface area (Å²) in [5.74, 6) is 0.431. The normalized spacial score (nSPS) is 22.4. The van der Waals surface area contributed by atoms with Crippen LogP contribution >= 0.6 is 11.8 Å². The Morgan fingerprint density at radius 1 is 1.20 bits per heavy atom. The van der Waals surface area contributed by atoms with Crippen molar-refractivity contribution in [2.45, 2.75) is 42.7 Å². The highest BCUT2D eigenvalue weighted by atomic mass is 32.2. The molecule has 1 aromatic carbocycles. The third-order valence-electron chi connectivity index (χ3n) is 4.73. The van der Waals surface area contributed by atoms with E-state index in [9.17, 15) is 14.7 Å². The van der Waals surface area contributed by atoms with Gasteiger partial charge >= 0.3 is 5.97 Å². The summed E-state index contributed by atoms with van der Waals surface area (Å²) in [4.78, 5) is 26.1. The lowest BCUT2D eigenvalue weighted by Crippen LogP contribution is -2.55. The molecule has 0 bridgehead atoms. The van der Waals surface area contributed by atoms with Crippen LogP contribution < -0.4 is 5.32 Å². The number of nitrogens with one attached hydrogen (secondary N) is 1.